The Morgan fingerprint density at radius 2 is 1.96 bits per heavy atom. The average Bonchev–Trinajstić information content (AvgIpc) is 3.37. The summed E-state index contributed by atoms with van der Waals surface area (Å²) in [5.74, 6) is 1.06. The standard InChI is InChI=1S/C21H19N3O2S/c1-24(14-19-22-21(23-26-19)18-10-5-13-27-18)20(25)12-11-16-8-4-7-15-6-2-3-9-17(15)16/h2-10,13H,11-12,14H2,1H3. The third-order valence-corrected chi connectivity index (χ3v) is 5.36. The van der Waals surface area contributed by atoms with Crippen molar-refractivity contribution < 1.29 is 9.32 Å². The topological polar surface area (TPSA) is 59.2 Å². The fourth-order valence-electron chi connectivity index (χ4n) is 3.06. The van der Waals surface area contributed by atoms with Gasteiger partial charge in [0.05, 0.1) is 11.4 Å². The van der Waals surface area contributed by atoms with Gasteiger partial charge in [0, 0.05) is 13.5 Å². The molecule has 4 aromatic rings. The predicted octanol–water partition coefficient (Wildman–Crippen LogP) is 4.54. The number of thiophene rings is 1. The van der Waals surface area contributed by atoms with Crippen molar-refractivity contribution in [3.8, 4) is 10.7 Å². The van der Waals surface area contributed by atoms with Crippen LogP contribution >= 0.6 is 11.3 Å². The second-order valence-corrected chi connectivity index (χ2v) is 7.32. The molecule has 0 fully saturated rings. The molecule has 0 radical (unpaired) electrons. The molecule has 0 saturated heterocycles. The molecule has 0 aliphatic carbocycles. The second kappa shape index (κ2) is 7.72. The number of carbonyl (C=O) groups is 1. The molecule has 0 bridgehead atoms. The lowest BCUT2D eigenvalue weighted by Gasteiger charge is -2.15. The number of hydrogen-bond donors (Lipinski definition) is 0. The van der Waals surface area contributed by atoms with E-state index in [0.717, 1.165) is 4.88 Å². The number of aromatic nitrogens is 2. The van der Waals surface area contributed by atoms with Crippen molar-refractivity contribution in [1.29, 1.82) is 0 Å². The van der Waals surface area contributed by atoms with E-state index in [1.54, 1.807) is 23.3 Å². The first-order valence-corrected chi connectivity index (χ1v) is 9.66. The summed E-state index contributed by atoms with van der Waals surface area (Å²) < 4.78 is 5.28. The molecule has 2 aromatic heterocycles. The van der Waals surface area contributed by atoms with Gasteiger partial charge in [0.15, 0.2) is 0 Å². The summed E-state index contributed by atoms with van der Waals surface area (Å²) in [5, 5.41) is 8.35. The molecule has 136 valence electrons. The Balaban J connectivity index is 1.38. The van der Waals surface area contributed by atoms with Crippen LogP contribution in [0.2, 0.25) is 0 Å². The molecular weight excluding hydrogens is 358 g/mol. The number of hydrogen-bond acceptors (Lipinski definition) is 5. The van der Waals surface area contributed by atoms with Gasteiger partial charge in [-0.2, -0.15) is 4.98 Å². The highest BCUT2D eigenvalue weighted by Gasteiger charge is 2.15. The maximum absolute atomic E-state index is 12.5. The lowest BCUT2D eigenvalue weighted by molar-refractivity contribution is -0.130. The van der Waals surface area contributed by atoms with Gasteiger partial charge in [-0.3, -0.25) is 4.79 Å². The summed E-state index contributed by atoms with van der Waals surface area (Å²) >= 11 is 1.56. The van der Waals surface area contributed by atoms with Gasteiger partial charge < -0.3 is 9.42 Å². The van der Waals surface area contributed by atoms with E-state index in [1.807, 2.05) is 35.7 Å². The maximum atomic E-state index is 12.5. The number of nitrogens with zero attached hydrogens (tertiary/aromatic N) is 3. The van der Waals surface area contributed by atoms with Gasteiger partial charge in [-0.1, -0.05) is 53.7 Å². The number of fused-ring (bicyclic) bond motifs is 1. The van der Waals surface area contributed by atoms with E-state index >= 15 is 0 Å². The highest BCUT2D eigenvalue weighted by Crippen LogP contribution is 2.22. The summed E-state index contributed by atoms with van der Waals surface area (Å²) in [5.41, 5.74) is 1.19. The summed E-state index contributed by atoms with van der Waals surface area (Å²) in [6.07, 6.45) is 1.14. The molecule has 6 heteroatoms. The largest absolute Gasteiger partial charge is 0.337 e. The lowest BCUT2D eigenvalue weighted by Crippen LogP contribution is -2.26. The zero-order chi connectivity index (χ0) is 18.6. The van der Waals surface area contributed by atoms with Gasteiger partial charge in [-0.05, 0) is 34.2 Å². The van der Waals surface area contributed by atoms with Crippen LogP contribution in [-0.2, 0) is 17.8 Å². The molecule has 1 amide bonds. The minimum Gasteiger partial charge on any atom is -0.337 e. The van der Waals surface area contributed by atoms with Crippen molar-refractivity contribution in [2.45, 2.75) is 19.4 Å². The average molecular weight is 377 g/mol. The second-order valence-electron chi connectivity index (χ2n) is 6.38. The quantitative estimate of drug-likeness (QED) is 0.495. The van der Waals surface area contributed by atoms with Gasteiger partial charge in [-0.15, -0.1) is 11.3 Å². The summed E-state index contributed by atoms with van der Waals surface area (Å²) in [4.78, 5) is 19.5. The third-order valence-electron chi connectivity index (χ3n) is 4.50. The van der Waals surface area contributed by atoms with Crippen molar-refractivity contribution in [3.63, 3.8) is 0 Å². The van der Waals surface area contributed by atoms with E-state index in [-0.39, 0.29) is 5.91 Å². The Kier molecular flexibility index (Phi) is 4.98. The number of carbonyl (C=O) groups excluding carboxylic acids is 1. The molecule has 0 unspecified atom stereocenters. The van der Waals surface area contributed by atoms with E-state index in [1.165, 1.54) is 16.3 Å². The van der Waals surface area contributed by atoms with Crippen LogP contribution in [0.25, 0.3) is 21.5 Å². The van der Waals surface area contributed by atoms with Crippen LogP contribution in [0.1, 0.15) is 17.9 Å². The molecule has 0 atom stereocenters. The van der Waals surface area contributed by atoms with Crippen molar-refractivity contribution in [3.05, 3.63) is 71.4 Å². The van der Waals surface area contributed by atoms with E-state index in [9.17, 15) is 4.79 Å². The lowest BCUT2D eigenvalue weighted by atomic mass is 10.0. The predicted molar refractivity (Wildman–Crippen MR) is 106 cm³/mol. The Morgan fingerprint density at radius 1 is 1.11 bits per heavy atom. The molecule has 5 nitrogen and oxygen atoms in total. The SMILES string of the molecule is CN(Cc1nc(-c2cccs2)no1)C(=O)CCc1cccc2ccccc12. The van der Waals surface area contributed by atoms with E-state index in [2.05, 4.69) is 34.4 Å². The monoisotopic (exact) mass is 377 g/mol. The molecule has 0 aliphatic rings. The molecule has 0 saturated carbocycles. The van der Waals surface area contributed by atoms with Crippen LogP contribution in [0.15, 0.2) is 64.5 Å². The number of benzene rings is 2. The van der Waals surface area contributed by atoms with Crippen LogP contribution in [0, 0.1) is 0 Å². The minimum absolute atomic E-state index is 0.0545. The number of rotatable bonds is 6. The number of amides is 1. The first kappa shape index (κ1) is 17.4. The van der Waals surface area contributed by atoms with Crippen molar-refractivity contribution in [1.82, 2.24) is 15.0 Å². The van der Waals surface area contributed by atoms with Gasteiger partial charge in [0.2, 0.25) is 17.6 Å². The van der Waals surface area contributed by atoms with Crippen LogP contribution in [0.5, 0.6) is 0 Å². The smallest absolute Gasteiger partial charge is 0.246 e. The van der Waals surface area contributed by atoms with Crippen molar-refractivity contribution in [2.75, 3.05) is 7.05 Å². The highest BCUT2D eigenvalue weighted by atomic mass is 32.1. The van der Waals surface area contributed by atoms with E-state index in [0.29, 0.717) is 31.1 Å². The number of aryl methyl sites for hydroxylation is 1. The molecule has 4 rings (SSSR count). The molecule has 2 heterocycles. The third kappa shape index (κ3) is 3.90. The highest BCUT2D eigenvalue weighted by molar-refractivity contribution is 7.13. The Hall–Kier alpha value is -2.99. The summed E-state index contributed by atoms with van der Waals surface area (Å²) in [7, 11) is 1.76. The molecular formula is C21H19N3O2S. The van der Waals surface area contributed by atoms with Crippen molar-refractivity contribution in [2.24, 2.45) is 0 Å². The van der Waals surface area contributed by atoms with Gasteiger partial charge in [-0.25, -0.2) is 0 Å². The van der Waals surface area contributed by atoms with Crippen LogP contribution in [0.3, 0.4) is 0 Å². The van der Waals surface area contributed by atoms with Gasteiger partial charge in [0.25, 0.3) is 0 Å². The van der Waals surface area contributed by atoms with Gasteiger partial charge >= 0.3 is 0 Å². The van der Waals surface area contributed by atoms with Crippen LogP contribution in [-0.4, -0.2) is 28.0 Å². The van der Waals surface area contributed by atoms with E-state index < -0.39 is 0 Å². The zero-order valence-electron chi connectivity index (χ0n) is 15.0. The van der Waals surface area contributed by atoms with Gasteiger partial charge in [0.1, 0.15) is 0 Å². The van der Waals surface area contributed by atoms with Crippen molar-refractivity contribution >= 4 is 28.0 Å². The molecule has 0 spiro atoms. The minimum atomic E-state index is 0.0545. The molecule has 2 aromatic carbocycles. The molecule has 0 N–H and O–H groups in total. The van der Waals surface area contributed by atoms with Crippen LogP contribution < -0.4 is 0 Å². The summed E-state index contributed by atoms with van der Waals surface area (Å²) in [6.45, 7) is 0.312. The summed E-state index contributed by atoms with van der Waals surface area (Å²) in [6, 6.07) is 18.3. The Morgan fingerprint density at radius 3 is 2.81 bits per heavy atom. The fourth-order valence-corrected chi connectivity index (χ4v) is 3.71. The van der Waals surface area contributed by atoms with Crippen LogP contribution in [0.4, 0.5) is 0 Å². The first-order chi connectivity index (χ1) is 13.2. The maximum Gasteiger partial charge on any atom is 0.246 e. The van der Waals surface area contributed by atoms with E-state index in [4.69, 9.17) is 4.52 Å². The zero-order valence-corrected chi connectivity index (χ0v) is 15.8. The molecule has 0 aliphatic heterocycles. The first-order valence-electron chi connectivity index (χ1n) is 8.78. The normalized spacial score (nSPS) is 11.0. The molecule has 27 heavy (non-hydrogen) atoms. The fraction of sp³-hybridized carbons (Fsp3) is 0.190. The Bertz CT molecular complexity index is 1050. The Labute approximate surface area is 161 Å².